The molecular formula is C15H9ClFIO2. The zero-order valence-corrected chi connectivity index (χ0v) is 13.0. The van der Waals surface area contributed by atoms with Gasteiger partial charge in [0.15, 0.2) is 5.58 Å². The van der Waals surface area contributed by atoms with E-state index in [2.05, 4.69) is 0 Å². The molecule has 0 radical (unpaired) electrons. The average Bonchev–Trinajstić information content (AvgIpc) is 2.83. The van der Waals surface area contributed by atoms with Crippen LogP contribution in [0.5, 0.6) is 0 Å². The molecule has 0 saturated heterocycles. The summed E-state index contributed by atoms with van der Waals surface area (Å²) in [5.74, 6) is 0.0515. The first kappa shape index (κ1) is 13.9. The molecule has 1 heterocycles. The lowest BCUT2D eigenvalue weighted by Gasteiger charge is -2.10. The Labute approximate surface area is 133 Å². The van der Waals surface area contributed by atoms with Crippen LogP contribution in [0.2, 0.25) is 5.02 Å². The predicted octanol–water partition coefficient (Wildman–Crippen LogP) is 4.91. The molecule has 2 nitrogen and oxygen atoms in total. The molecule has 20 heavy (non-hydrogen) atoms. The third kappa shape index (κ3) is 2.43. The summed E-state index contributed by atoms with van der Waals surface area (Å²) >= 11 is 8.03. The van der Waals surface area contributed by atoms with Gasteiger partial charge in [0, 0.05) is 14.5 Å². The van der Waals surface area contributed by atoms with E-state index in [0.717, 1.165) is 5.39 Å². The van der Waals surface area contributed by atoms with E-state index in [-0.39, 0.29) is 5.82 Å². The molecule has 1 atom stereocenters. The third-order valence-corrected chi connectivity index (χ3v) is 4.27. The Morgan fingerprint density at radius 1 is 1.20 bits per heavy atom. The maximum Gasteiger partial charge on any atom is 0.153 e. The second-order valence-electron chi connectivity index (χ2n) is 4.38. The number of rotatable bonds is 2. The van der Waals surface area contributed by atoms with Gasteiger partial charge in [0.1, 0.15) is 17.7 Å². The van der Waals surface area contributed by atoms with Gasteiger partial charge in [-0.15, -0.1) is 0 Å². The molecule has 0 aliphatic rings. The van der Waals surface area contributed by atoms with E-state index in [1.807, 2.05) is 34.7 Å². The maximum absolute atomic E-state index is 13.1. The molecule has 1 unspecified atom stereocenters. The molecule has 0 aliphatic heterocycles. The molecule has 3 rings (SSSR count). The summed E-state index contributed by atoms with van der Waals surface area (Å²) in [4.78, 5) is 0. The lowest BCUT2D eigenvalue weighted by molar-refractivity contribution is 0.191. The Kier molecular flexibility index (Phi) is 3.70. The molecule has 0 spiro atoms. The lowest BCUT2D eigenvalue weighted by Crippen LogP contribution is -2.01. The fourth-order valence-electron chi connectivity index (χ4n) is 2.06. The lowest BCUT2D eigenvalue weighted by atomic mass is 10.1. The maximum atomic E-state index is 13.1. The van der Waals surface area contributed by atoms with Crippen molar-refractivity contribution in [2.24, 2.45) is 0 Å². The van der Waals surface area contributed by atoms with Crippen LogP contribution >= 0.6 is 34.2 Å². The molecule has 3 aromatic rings. The Morgan fingerprint density at radius 3 is 2.70 bits per heavy atom. The van der Waals surface area contributed by atoms with Crippen LogP contribution in [-0.2, 0) is 0 Å². The number of halogens is 3. The van der Waals surface area contributed by atoms with Gasteiger partial charge in [0.2, 0.25) is 0 Å². The van der Waals surface area contributed by atoms with Crippen molar-refractivity contribution < 1.29 is 13.9 Å². The Morgan fingerprint density at radius 2 is 2.00 bits per heavy atom. The number of aliphatic hydroxyl groups is 1. The van der Waals surface area contributed by atoms with Crippen molar-refractivity contribution in [3.8, 4) is 0 Å². The fraction of sp³-hybridized carbons (Fsp3) is 0.0667. The minimum atomic E-state index is -0.953. The zero-order chi connectivity index (χ0) is 14.3. The Balaban J connectivity index is 2.08. The number of hydrogen-bond donors (Lipinski definition) is 1. The topological polar surface area (TPSA) is 33.4 Å². The van der Waals surface area contributed by atoms with Crippen molar-refractivity contribution in [2.45, 2.75) is 6.10 Å². The van der Waals surface area contributed by atoms with E-state index < -0.39 is 6.10 Å². The van der Waals surface area contributed by atoms with E-state index in [4.69, 9.17) is 16.0 Å². The largest absolute Gasteiger partial charge is 0.456 e. The van der Waals surface area contributed by atoms with Gasteiger partial charge in [0.25, 0.3) is 0 Å². The highest BCUT2D eigenvalue weighted by atomic mass is 127. The minimum absolute atomic E-state index is 0.335. The highest BCUT2D eigenvalue weighted by molar-refractivity contribution is 14.1. The second-order valence-corrected chi connectivity index (χ2v) is 5.94. The summed E-state index contributed by atoms with van der Waals surface area (Å²) in [6.07, 6.45) is -0.953. The van der Waals surface area contributed by atoms with Crippen molar-refractivity contribution in [2.75, 3.05) is 0 Å². The molecule has 0 bridgehead atoms. The molecule has 1 N–H and O–H groups in total. The van der Waals surface area contributed by atoms with Crippen molar-refractivity contribution >= 4 is 45.2 Å². The summed E-state index contributed by atoms with van der Waals surface area (Å²) in [5, 5.41) is 11.7. The van der Waals surface area contributed by atoms with Crippen LogP contribution < -0.4 is 0 Å². The number of aliphatic hydroxyl groups excluding tert-OH is 1. The average molecular weight is 403 g/mol. The molecule has 0 saturated carbocycles. The van der Waals surface area contributed by atoms with Crippen LogP contribution in [0, 0.1) is 9.39 Å². The fourth-order valence-corrected chi connectivity index (χ4v) is 3.05. The minimum Gasteiger partial charge on any atom is -0.456 e. The first-order chi connectivity index (χ1) is 9.56. The Hall–Kier alpha value is -1.11. The monoisotopic (exact) mass is 402 g/mol. The van der Waals surface area contributed by atoms with E-state index in [1.165, 1.54) is 12.1 Å². The summed E-state index contributed by atoms with van der Waals surface area (Å²) in [6.45, 7) is 0. The molecule has 0 fully saturated rings. The number of fused-ring (bicyclic) bond motifs is 1. The van der Waals surface area contributed by atoms with E-state index in [0.29, 0.717) is 25.5 Å². The van der Waals surface area contributed by atoms with E-state index >= 15 is 0 Å². The van der Waals surface area contributed by atoms with Crippen molar-refractivity contribution in [3.05, 3.63) is 68.2 Å². The third-order valence-electron chi connectivity index (χ3n) is 3.04. The van der Waals surface area contributed by atoms with Crippen molar-refractivity contribution in [1.82, 2.24) is 0 Å². The predicted molar refractivity (Wildman–Crippen MR) is 84.4 cm³/mol. The summed E-state index contributed by atoms with van der Waals surface area (Å²) < 4.78 is 19.4. The molecule has 0 aliphatic carbocycles. The quantitative estimate of drug-likeness (QED) is 0.618. The molecule has 102 valence electrons. The molecule has 2 aromatic carbocycles. The van der Waals surface area contributed by atoms with Gasteiger partial charge in [-0.25, -0.2) is 4.39 Å². The second kappa shape index (κ2) is 5.35. The van der Waals surface area contributed by atoms with Gasteiger partial charge in [-0.1, -0.05) is 29.8 Å². The standard InChI is InChI=1S/C15H9ClFIO2/c16-11-3-1-2-8-6-13(20-15(8)11)14(19)10-5-4-9(17)7-12(10)18/h1-7,14,19H. The van der Waals surface area contributed by atoms with Crippen molar-refractivity contribution in [3.63, 3.8) is 0 Å². The summed E-state index contributed by atoms with van der Waals surface area (Å²) in [6, 6.07) is 11.4. The van der Waals surface area contributed by atoms with Crippen LogP contribution in [-0.4, -0.2) is 5.11 Å². The number of furan rings is 1. The smallest absolute Gasteiger partial charge is 0.153 e. The van der Waals surface area contributed by atoms with Crippen LogP contribution in [0.4, 0.5) is 4.39 Å². The van der Waals surface area contributed by atoms with Gasteiger partial charge in [-0.2, -0.15) is 0 Å². The summed E-state index contributed by atoms with van der Waals surface area (Å²) in [5.41, 5.74) is 1.14. The normalized spacial score (nSPS) is 12.8. The highest BCUT2D eigenvalue weighted by Crippen LogP contribution is 2.33. The van der Waals surface area contributed by atoms with Crippen LogP contribution in [0.25, 0.3) is 11.0 Å². The molecular weight excluding hydrogens is 394 g/mol. The van der Waals surface area contributed by atoms with E-state index in [9.17, 15) is 9.50 Å². The van der Waals surface area contributed by atoms with Gasteiger partial charge in [-0.05, 0) is 46.9 Å². The number of hydrogen-bond acceptors (Lipinski definition) is 2. The number of para-hydroxylation sites is 1. The molecule has 0 amide bonds. The van der Waals surface area contributed by atoms with E-state index in [1.54, 1.807) is 18.2 Å². The van der Waals surface area contributed by atoms with Gasteiger partial charge in [0.05, 0.1) is 5.02 Å². The van der Waals surface area contributed by atoms with Crippen LogP contribution in [0.3, 0.4) is 0 Å². The molecule has 5 heteroatoms. The van der Waals surface area contributed by atoms with Gasteiger partial charge < -0.3 is 9.52 Å². The molecule has 1 aromatic heterocycles. The number of benzene rings is 2. The van der Waals surface area contributed by atoms with Crippen LogP contribution in [0.1, 0.15) is 17.4 Å². The van der Waals surface area contributed by atoms with Gasteiger partial charge in [-0.3, -0.25) is 0 Å². The summed E-state index contributed by atoms with van der Waals surface area (Å²) in [7, 11) is 0. The first-order valence-electron chi connectivity index (χ1n) is 5.87. The highest BCUT2D eigenvalue weighted by Gasteiger charge is 2.19. The van der Waals surface area contributed by atoms with Gasteiger partial charge >= 0.3 is 0 Å². The van der Waals surface area contributed by atoms with Crippen LogP contribution in [0.15, 0.2) is 46.9 Å². The SMILES string of the molecule is OC(c1cc2cccc(Cl)c2o1)c1ccc(F)cc1I. The zero-order valence-electron chi connectivity index (χ0n) is 10.1. The van der Waals surface area contributed by atoms with Crippen molar-refractivity contribution in [1.29, 1.82) is 0 Å². The Bertz CT molecular complexity index is 785. The first-order valence-corrected chi connectivity index (χ1v) is 7.33.